The van der Waals surface area contributed by atoms with E-state index in [0.717, 1.165) is 11.3 Å². The van der Waals surface area contributed by atoms with E-state index in [4.69, 9.17) is 0 Å². The third-order valence-electron chi connectivity index (χ3n) is 3.55. The minimum atomic E-state index is -2.85. The summed E-state index contributed by atoms with van der Waals surface area (Å²) >= 11 is 0. The molecule has 0 bridgehead atoms. The number of aromatic nitrogens is 4. The smallest absolute Gasteiger partial charge is 0.333 e. The third-order valence-corrected chi connectivity index (χ3v) is 3.55. The van der Waals surface area contributed by atoms with Gasteiger partial charge in [0.05, 0.1) is 5.69 Å². The maximum absolute atomic E-state index is 12.8. The first kappa shape index (κ1) is 15.9. The van der Waals surface area contributed by atoms with Crippen LogP contribution in [0.2, 0.25) is 0 Å². The number of nitrogens with zero attached hydrogens (tertiary/aromatic N) is 5. The van der Waals surface area contributed by atoms with Gasteiger partial charge in [0, 0.05) is 32.2 Å². The second-order valence-electron chi connectivity index (χ2n) is 5.22. The highest BCUT2D eigenvalue weighted by molar-refractivity contribution is 5.92. The van der Waals surface area contributed by atoms with E-state index in [2.05, 4.69) is 10.2 Å². The lowest BCUT2D eigenvalue weighted by atomic mass is 10.2. The molecular weight excluding hydrogens is 316 g/mol. The van der Waals surface area contributed by atoms with Crippen molar-refractivity contribution in [2.24, 2.45) is 0 Å². The summed E-state index contributed by atoms with van der Waals surface area (Å²) in [6.45, 7) is -2.55. The average Bonchev–Trinajstić information content (AvgIpc) is 3.26. The Labute approximate surface area is 136 Å². The van der Waals surface area contributed by atoms with Gasteiger partial charge in [-0.1, -0.05) is 12.1 Å². The lowest BCUT2D eigenvalue weighted by Crippen LogP contribution is -2.28. The van der Waals surface area contributed by atoms with Gasteiger partial charge >= 0.3 is 6.55 Å². The van der Waals surface area contributed by atoms with Crippen molar-refractivity contribution in [2.45, 2.75) is 13.1 Å². The Morgan fingerprint density at radius 1 is 1.17 bits per heavy atom. The molecule has 0 aliphatic rings. The Hall–Kier alpha value is -3.03. The van der Waals surface area contributed by atoms with Gasteiger partial charge in [0.15, 0.2) is 0 Å². The van der Waals surface area contributed by atoms with E-state index in [0.29, 0.717) is 11.2 Å². The molecule has 1 aromatic carbocycles. The van der Waals surface area contributed by atoms with E-state index in [1.54, 1.807) is 17.9 Å². The fraction of sp³-hybridized carbons (Fsp3) is 0.188. The molecule has 0 aliphatic carbocycles. The number of carbonyl (C=O) groups excluding carboxylic acids is 1. The molecule has 0 atom stereocenters. The monoisotopic (exact) mass is 331 g/mol. The van der Waals surface area contributed by atoms with Crippen molar-refractivity contribution < 1.29 is 13.6 Å². The van der Waals surface area contributed by atoms with Crippen LogP contribution in [0.5, 0.6) is 0 Å². The maximum Gasteiger partial charge on any atom is 0.333 e. The minimum absolute atomic E-state index is 0.138. The molecule has 0 N–H and O–H groups in total. The van der Waals surface area contributed by atoms with Gasteiger partial charge in [0.25, 0.3) is 5.91 Å². The molecule has 124 valence electrons. The van der Waals surface area contributed by atoms with Crippen LogP contribution >= 0.6 is 0 Å². The molecule has 0 radical (unpaired) electrons. The Morgan fingerprint density at radius 3 is 2.54 bits per heavy atom. The number of carbonyl (C=O) groups is 1. The third kappa shape index (κ3) is 3.17. The second-order valence-corrected chi connectivity index (χ2v) is 5.22. The van der Waals surface area contributed by atoms with Crippen LogP contribution in [0.3, 0.4) is 0 Å². The van der Waals surface area contributed by atoms with Crippen LogP contribution in [0.1, 0.15) is 22.6 Å². The van der Waals surface area contributed by atoms with E-state index in [1.807, 2.05) is 36.5 Å². The summed E-state index contributed by atoms with van der Waals surface area (Å²) in [5.74, 6) is -0.510. The number of hydrogen-bond donors (Lipinski definition) is 0. The standard InChI is InChI=1S/C16H15F2N5O/c1-21(15(24)14-7-9-20-23(14)16(17)18)11-12-3-5-13(6-4-12)22-10-2-8-19-22/h2-10,16H,11H2,1H3. The first-order valence-electron chi connectivity index (χ1n) is 7.22. The number of hydrogen-bond acceptors (Lipinski definition) is 3. The molecule has 0 saturated carbocycles. The van der Waals surface area contributed by atoms with Gasteiger partial charge in [0.2, 0.25) is 0 Å². The molecule has 24 heavy (non-hydrogen) atoms. The van der Waals surface area contributed by atoms with Crippen molar-refractivity contribution in [3.05, 3.63) is 66.2 Å². The quantitative estimate of drug-likeness (QED) is 0.722. The van der Waals surface area contributed by atoms with Gasteiger partial charge in [0.1, 0.15) is 5.69 Å². The van der Waals surface area contributed by atoms with Crippen molar-refractivity contribution in [1.29, 1.82) is 0 Å². The Morgan fingerprint density at radius 2 is 1.92 bits per heavy atom. The Balaban J connectivity index is 1.71. The van der Waals surface area contributed by atoms with Crippen LogP contribution in [-0.4, -0.2) is 37.4 Å². The Bertz CT molecular complexity index is 811. The van der Waals surface area contributed by atoms with E-state index in [1.165, 1.54) is 17.2 Å². The van der Waals surface area contributed by atoms with Crippen LogP contribution in [-0.2, 0) is 6.54 Å². The molecule has 0 spiro atoms. The second kappa shape index (κ2) is 6.61. The van der Waals surface area contributed by atoms with Gasteiger partial charge in [-0.15, -0.1) is 0 Å². The molecule has 2 aromatic heterocycles. The topological polar surface area (TPSA) is 56.0 Å². The normalized spacial score (nSPS) is 11.0. The minimum Gasteiger partial charge on any atom is -0.336 e. The average molecular weight is 331 g/mol. The number of halogens is 2. The van der Waals surface area contributed by atoms with Gasteiger partial charge in [-0.3, -0.25) is 4.79 Å². The van der Waals surface area contributed by atoms with Crippen LogP contribution in [0.15, 0.2) is 55.0 Å². The molecular formula is C16H15F2N5O. The fourth-order valence-corrected chi connectivity index (χ4v) is 2.36. The number of rotatable bonds is 5. The predicted octanol–water partition coefficient (Wildman–Crippen LogP) is 2.74. The highest BCUT2D eigenvalue weighted by atomic mass is 19.3. The first-order chi connectivity index (χ1) is 11.6. The number of amides is 1. The highest BCUT2D eigenvalue weighted by Gasteiger charge is 2.21. The lowest BCUT2D eigenvalue weighted by molar-refractivity contribution is 0.0472. The fourth-order valence-electron chi connectivity index (χ4n) is 2.36. The lowest BCUT2D eigenvalue weighted by Gasteiger charge is -2.18. The molecule has 0 aliphatic heterocycles. The van der Waals surface area contributed by atoms with Crippen LogP contribution in [0, 0.1) is 0 Å². The number of alkyl halides is 2. The zero-order chi connectivity index (χ0) is 17.1. The summed E-state index contributed by atoms with van der Waals surface area (Å²) in [4.78, 5) is 13.7. The summed E-state index contributed by atoms with van der Waals surface area (Å²) in [7, 11) is 1.56. The van der Waals surface area contributed by atoms with Gasteiger partial charge in [-0.25, -0.2) is 4.68 Å². The SMILES string of the molecule is CN(Cc1ccc(-n2cccn2)cc1)C(=O)c1ccnn1C(F)F. The molecule has 0 fully saturated rings. The molecule has 6 nitrogen and oxygen atoms in total. The molecule has 8 heteroatoms. The van der Waals surface area contributed by atoms with Gasteiger partial charge in [-0.05, 0) is 29.8 Å². The highest BCUT2D eigenvalue weighted by Crippen LogP contribution is 2.15. The maximum atomic E-state index is 12.8. The van der Waals surface area contributed by atoms with Gasteiger partial charge < -0.3 is 4.90 Å². The molecule has 1 amide bonds. The van der Waals surface area contributed by atoms with Crippen LogP contribution < -0.4 is 0 Å². The summed E-state index contributed by atoms with van der Waals surface area (Å²) in [6, 6.07) is 10.6. The largest absolute Gasteiger partial charge is 0.336 e. The molecule has 3 rings (SSSR count). The summed E-state index contributed by atoms with van der Waals surface area (Å²) in [6.07, 6.45) is 4.70. The van der Waals surface area contributed by atoms with Crippen molar-refractivity contribution in [2.75, 3.05) is 7.05 Å². The molecule has 0 unspecified atom stereocenters. The zero-order valence-corrected chi connectivity index (χ0v) is 12.9. The van der Waals surface area contributed by atoms with Gasteiger partial charge in [-0.2, -0.15) is 23.7 Å². The Kier molecular flexibility index (Phi) is 4.37. The van der Waals surface area contributed by atoms with Crippen molar-refractivity contribution in [1.82, 2.24) is 24.5 Å². The summed E-state index contributed by atoms with van der Waals surface area (Å²) in [5, 5.41) is 7.61. The van der Waals surface area contributed by atoms with E-state index < -0.39 is 12.5 Å². The van der Waals surface area contributed by atoms with Crippen LogP contribution in [0.4, 0.5) is 8.78 Å². The van der Waals surface area contributed by atoms with Crippen LogP contribution in [0.25, 0.3) is 5.69 Å². The van der Waals surface area contributed by atoms with Crippen molar-refractivity contribution in [3.63, 3.8) is 0 Å². The molecule has 0 saturated heterocycles. The number of benzene rings is 1. The van der Waals surface area contributed by atoms with Crippen molar-refractivity contribution in [3.8, 4) is 5.69 Å². The summed E-state index contributed by atoms with van der Waals surface area (Å²) in [5.41, 5.74) is 1.64. The van der Waals surface area contributed by atoms with E-state index in [-0.39, 0.29) is 5.69 Å². The predicted molar refractivity (Wildman–Crippen MR) is 82.8 cm³/mol. The zero-order valence-electron chi connectivity index (χ0n) is 12.9. The van der Waals surface area contributed by atoms with Crippen molar-refractivity contribution >= 4 is 5.91 Å². The molecule has 3 aromatic rings. The van der Waals surface area contributed by atoms with E-state index >= 15 is 0 Å². The first-order valence-corrected chi connectivity index (χ1v) is 7.22. The summed E-state index contributed by atoms with van der Waals surface area (Å²) < 4.78 is 27.8. The van der Waals surface area contributed by atoms with E-state index in [9.17, 15) is 13.6 Å². The molecule has 2 heterocycles.